The molecule has 5 rings (SSSR count). The summed E-state index contributed by atoms with van der Waals surface area (Å²) in [5.41, 5.74) is 3.78. The third-order valence-electron chi connectivity index (χ3n) is 4.61. The third kappa shape index (κ3) is 2.18. The lowest BCUT2D eigenvalue weighted by Crippen LogP contribution is -2.29. The first kappa shape index (κ1) is 14.1. The van der Waals surface area contributed by atoms with E-state index in [0.29, 0.717) is 23.4 Å². The number of rotatable bonds is 1. The van der Waals surface area contributed by atoms with Gasteiger partial charge in [-0.05, 0) is 48.4 Å². The van der Waals surface area contributed by atoms with Crippen LogP contribution in [-0.2, 0) is 6.42 Å². The van der Waals surface area contributed by atoms with E-state index in [2.05, 4.69) is 15.0 Å². The Balaban J connectivity index is 1.58. The van der Waals surface area contributed by atoms with Gasteiger partial charge in [-0.2, -0.15) is 0 Å². The molecule has 25 heavy (non-hydrogen) atoms. The first-order valence-electron chi connectivity index (χ1n) is 8.03. The summed E-state index contributed by atoms with van der Waals surface area (Å²) in [6.45, 7) is 0.570. The standard InChI is InChI=1S/C19H13FN4O/c20-14-3-1-11-7-12-5-6-24(18(12)23-16(11)9-14)19(25)13-2-4-15-17(8-13)22-10-21-15/h1-4,7-10H,5-6H2,(H,21,22). The van der Waals surface area contributed by atoms with Crippen LogP contribution >= 0.6 is 0 Å². The van der Waals surface area contributed by atoms with Crippen LogP contribution in [0.25, 0.3) is 21.9 Å². The maximum Gasteiger partial charge on any atom is 0.259 e. The Morgan fingerprint density at radius 3 is 2.96 bits per heavy atom. The number of anilines is 1. The molecule has 1 aliphatic heterocycles. The van der Waals surface area contributed by atoms with E-state index in [-0.39, 0.29) is 11.7 Å². The Morgan fingerprint density at radius 2 is 2.04 bits per heavy atom. The number of pyridine rings is 1. The molecule has 0 saturated carbocycles. The van der Waals surface area contributed by atoms with E-state index in [1.807, 2.05) is 12.1 Å². The third-order valence-corrected chi connectivity index (χ3v) is 4.61. The fourth-order valence-corrected chi connectivity index (χ4v) is 3.35. The highest BCUT2D eigenvalue weighted by molar-refractivity contribution is 6.08. The second-order valence-corrected chi connectivity index (χ2v) is 6.15. The van der Waals surface area contributed by atoms with Crippen LogP contribution in [-0.4, -0.2) is 27.4 Å². The molecule has 0 saturated heterocycles. The maximum atomic E-state index is 13.5. The molecule has 3 heterocycles. The maximum absolute atomic E-state index is 13.5. The van der Waals surface area contributed by atoms with Crippen LogP contribution < -0.4 is 4.90 Å². The van der Waals surface area contributed by atoms with E-state index in [4.69, 9.17) is 0 Å². The van der Waals surface area contributed by atoms with Gasteiger partial charge in [0.15, 0.2) is 0 Å². The number of hydrogen-bond donors (Lipinski definition) is 1. The molecule has 2 aromatic heterocycles. The van der Waals surface area contributed by atoms with Gasteiger partial charge in [-0.1, -0.05) is 0 Å². The van der Waals surface area contributed by atoms with Crippen LogP contribution in [0, 0.1) is 5.82 Å². The number of nitrogens with zero attached hydrogens (tertiary/aromatic N) is 3. The number of fused-ring (bicyclic) bond motifs is 3. The van der Waals surface area contributed by atoms with Crippen LogP contribution in [0.4, 0.5) is 10.2 Å². The molecule has 0 fully saturated rings. The summed E-state index contributed by atoms with van der Waals surface area (Å²) in [5.74, 6) is 0.173. The number of benzene rings is 2. The Kier molecular flexibility index (Phi) is 2.88. The molecule has 1 N–H and O–H groups in total. The van der Waals surface area contributed by atoms with Gasteiger partial charge in [0.2, 0.25) is 0 Å². The second-order valence-electron chi connectivity index (χ2n) is 6.15. The molecular weight excluding hydrogens is 319 g/mol. The number of imidazole rings is 1. The Morgan fingerprint density at radius 1 is 1.12 bits per heavy atom. The van der Waals surface area contributed by atoms with Crippen molar-refractivity contribution < 1.29 is 9.18 Å². The van der Waals surface area contributed by atoms with Crippen LogP contribution in [0.2, 0.25) is 0 Å². The molecule has 1 aliphatic rings. The minimum atomic E-state index is -0.333. The number of nitrogens with one attached hydrogen (secondary N) is 1. The number of H-pyrrole nitrogens is 1. The average Bonchev–Trinajstić information content (AvgIpc) is 3.25. The molecule has 0 aliphatic carbocycles. The quantitative estimate of drug-likeness (QED) is 0.581. The summed E-state index contributed by atoms with van der Waals surface area (Å²) in [7, 11) is 0. The fraction of sp³-hybridized carbons (Fsp3) is 0.105. The van der Waals surface area contributed by atoms with E-state index in [0.717, 1.165) is 28.4 Å². The molecule has 1 amide bonds. The van der Waals surface area contributed by atoms with Gasteiger partial charge >= 0.3 is 0 Å². The van der Waals surface area contributed by atoms with Gasteiger partial charge in [0.25, 0.3) is 5.91 Å². The monoisotopic (exact) mass is 332 g/mol. The summed E-state index contributed by atoms with van der Waals surface area (Å²) in [5, 5.41) is 0.883. The first-order valence-corrected chi connectivity index (χ1v) is 8.03. The molecular formula is C19H13FN4O. The zero-order valence-corrected chi connectivity index (χ0v) is 13.2. The molecule has 0 bridgehead atoms. The van der Waals surface area contributed by atoms with Crippen molar-refractivity contribution in [3.63, 3.8) is 0 Å². The predicted octanol–water partition coefficient (Wildman–Crippen LogP) is 3.45. The first-order chi connectivity index (χ1) is 12.2. The van der Waals surface area contributed by atoms with Gasteiger partial charge in [0, 0.05) is 23.6 Å². The number of carbonyl (C=O) groups excluding carboxylic acids is 1. The lowest BCUT2D eigenvalue weighted by atomic mass is 10.1. The number of hydrogen-bond acceptors (Lipinski definition) is 3. The Bertz CT molecular complexity index is 1150. The Labute approximate surface area is 142 Å². The average molecular weight is 332 g/mol. The zero-order valence-electron chi connectivity index (χ0n) is 13.2. The summed E-state index contributed by atoms with van der Waals surface area (Å²) in [6, 6.07) is 11.9. The van der Waals surface area contributed by atoms with E-state index in [9.17, 15) is 9.18 Å². The van der Waals surface area contributed by atoms with E-state index in [1.54, 1.807) is 29.4 Å². The van der Waals surface area contributed by atoms with Crippen LogP contribution in [0.1, 0.15) is 15.9 Å². The molecule has 0 unspecified atom stereocenters. The van der Waals surface area contributed by atoms with Crippen molar-refractivity contribution in [1.29, 1.82) is 0 Å². The molecule has 0 radical (unpaired) electrons. The topological polar surface area (TPSA) is 61.9 Å². The van der Waals surface area contributed by atoms with E-state index in [1.165, 1.54) is 12.1 Å². The second kappa shape index (κ2) is 5.11. The number of amides is 1. The smallest absolute Gasteiger partial charge is 0.259 e. The molecule has 0 spiro atoms. The van der Waals surface area contributed by atoms with E-state index < -0.39 is 0 Å². The van der Waals surface area contributed by atoms with Crippen molar-refractivity contribution in [2.45, 2.75) is 6.42 Å². The highest BCUT2D eigenvalue weighted by Gasteiger charge is 2.27. The SMILES string of the molecule is O=C(c1ccc2nc[nH]c2c1)N1CCc2cc3ccc(F)cc3nc21. The molecule has 0 atom stereocenters. The number of aromatic amines is 1. The van der Waals surface area contributed by atoms with Gasteiger partial charge in [-0.3, -0.25) is 9.69 Å². The summed E-state index contributed by atoms with van der Waals surface area (Å²) in [6.07, 6.45) is 2.35. The van der Waals surface area contributed by atoms with Crippen molar-refractivity contribution in [3.8, 4) is 0 Å². The van der Waals surface area contributed by atoms with Crippen molar-refractivity contribution in [2.24, 2.45) is 0 Å². The van der Waals surface area contributed by atoms with E-state index >= 15 is 0 Å². The number of halogens is 1. The van der Waals surface area contributed by atoms with Crippen LogP contribution in [0.5, 0.6) is 0 Å². The van der Waals surface area contributed by atoms with Gasteiger partial charge in [-0.25, -0.2) is 14.4 Å². The zero-order chi connectivity index (χ0) is 17.0. The summed E-state index contributed by atoms with van der Waals surface area (Å²) >= 11 is 0. The summed E-state index contributed by atoms with van der Waals surface area (Å²) < 4.78 is 13.5. The van der Waals surface area contributed by atoms with Crippen LogP contribution in [0.3, 0.4) is 0 Å². The highest BCUT2D eigenvalue weighted by Crippen LogP contribution is 2.31. The highest BCUT2D eigenvalue weighted by atomic mass is 19.1. The normalized spacial score (nSPS) is 13.6. The molecule has 5 nitrogen and oxygen atoms in total. The van der Waals surface area contributed by atoms with Gasteiger partial charge in [0.05, 0.1) is 22.9 Å². The van der Waals surface area contributed by atoms with Gasteiger partial charge in [-0.15, -0.1) is 0 Å². The molecule has 6 heteroatoms. The minimum absolute atomic E-state index is 0.112. The fourth-order valence-electron chi connectivity index (χ4n) is 3.35. The Hall–Kier alpha value is -3.28. The minimum Gasteiger partial charge on any atom is -0.345 e. The van der Waals surface area contributed by atoms with Crippen LogP contribution in [0.15, 0.2) is 48.8 Å². The number of aromatic nitrogens is 3. The lowest BCUT2D eigenvalue weighted by molar-refractivity contribution is 0.0989. The van der Waals surface area contributed by atoms with Gasteiger partial charge < -0.3 is 4.98 Å². The molecule has 2 aromatic carbocycles. The molecule has 4 aromatic rings. The van der Waals surface area contributed by atoms with Crippen molar-refractivity contribution >= 4 is 33.7 Å². The number of carbonyl (C=O) groups is 1. The van der Waals surface area contributed by atoms with Crippen molar-refractivity contribution in [3.05, 3.63) is 65.7 Å². The van der Waals surface area contributed by atoms with Crippen molar-refractivity contribution in [2.75, 3.05) is 11.4 Å². The van der Waals surface area contributed by atoms with Gasteiger partial charge in [0.1, 0.15) is 11.6 Å². The van der Waals surface area contributed by atoms with Crippen molar-refractivity contribution in [1.82, 2.24) is 15.0 Å². The lowest BCUT2D eigenvalue weighted by Gasteiger charge is -2.16. The molecule has 122 valence electrons. The summed E-state index contributed by atoms with van der Waals surface area (Å²) in [4.78, 5) is 26.3. The predicted molar refractivity (Wildman–Crippen MR) is 93.2 cm³/mol. The largest absolute Gasteiger partial charge is 0.345 e.